The lowest BCUT2D eigenvalue weighted by molar-refractivity contribution is 0.0883. The Bertz CT molecular complexity index is 408. The number of ether oxygens (including phenoxy) is 1. The highest BCUT2D eigenvalue weighted by Crippen LogP contribution is 2.39. The van der Waals surface area contributed by atoms with Crippen LogP contribution in [-0.4, -0.2) is 18.4 Å². The molecule has 1 unspecified atom stereocenters. The van der Waals surface area contributed by atoms with Crippen molar-refractivity contribution in [3.63, 3.8) is 0 Å². The third-order valence-corrected chi connectivity index (χ3v) is 3.25. The van der Waals surface area contributed by atoms with E-state index in [9.17, 15) is 4.79 Å². The third-order valence-electron chi connectivity index (χ3n) is 3.25. The Hall–Kier alpha value is -1.35. The molecule has 1 aliphatic carbocycles. The zero-order valence-corrected chi connectivity index (χ0v) is 9.69. The number of rotatable bonds is 4. The van der Waals surface area contributed by atoms with Gasteiger partial charge in [0.1, 0.15) is 5.75 Å². The fraction of sp³-hybridized carbons (Fsp3) is 0.462. The molecule has 1 aromatic carbocycles. The van der Waals surface area contributed by atoms with Crippen molar-refractivity contribution in [1.29, 1.82) is 0 Å². The van der Waals surface area contributed by atoms with Gasteiger partial charge in [-0.15, -0.1) is 0 Å². The molecule has 0 spiro atoms. The molecule has 0 saturated heterocycles. The van der Waals surface area contributed by atoms with Crippen LogP contribution in [0.2, 0.25) is 0 Å². The van der Waals surface area contributed by atoms with Gasteiger partial charge in [-0.3, -0.25) is 4.79 Å². The summed E-state index contributed by atoms with van der Waals surface area (Å²) < 4.78 is 5.10. The molecule has 1 aromatic rings. The first-order chi connectivity index (χ1) is 7.55. The van der Waals surface area contributed by atoms with Crippen LogP contribution in [0.3, 0.4) is 0 Å². The largest absolute Gasteiger partial charge is 0.497 e. The van der Waals surface area contributed by atoms with Crippen LogP contribution in [0.25, 0.3) is 0 Å². The second-order valence-corrected chi connectivity index (χ2v) is 4.62. The minimum atomic E-state index is -0.730. The molecule has 2 rings (SSSR count). The molecule has 3 heteroatoms. The second kappa shape index (κ2) is 3.91. The Kier molecular flexibility index (Phi) is 2.72. The van der Waals surface area contributed by atoms with Gasteiger partial charge in [0.05, 0.1) is 12.6 Å². The number of hydrogen-bond acceptors (Lipinski definition) is 3. The highest BCUT2D eigenvalue weighted by Gasteiger charge is 2.44. The van der Waals surface area contributed by atoms with Crippen LogP contribution in [0.1, 0.15) is 30.1 Å². The van der Waals surface area contributed by atoms with E-state index in [1.54, 1.807) is 19.2 Å². The van der Waals surface area contributed by atoms with E-state index < -0.39 is 5.54 Å². The van der Waals surface area contributed by atoms with E-state index in [-0.39, 0.29) is 5.78 Å². The molecule has 1 aliphatic rings. The highest BCUT2D eigenvalue weighted by molar-refractivity contribution is 6.03. The lowest BCUT2D eigenvalue weighted by Crippen LogP contribution is -2.47. The first-order valence-electron chi connectivity index (χ1n) is 5.53. The van der Waals surface area contributed by atoms with Crippen LogP contribution in [0, 0.1) is 5.92 Å². The average Bonchev–Trinajstić information content (AvgIpc) is 3.12. The number of methoxy groups -OCH3 is 1. The molecule has 0 heterocycles. The van der Waals surface area contributed by atoms with Gasteiger partial charge in [-0.05, 0) is 37.8 Å². The quantitative estimate of drug-likeness (QED) is 0.788. The SMILES string of the molecule is COc1cccc(C(=O)C(C)(N)C2CC2)c1. The lowest BCUT2D eigenvalue weighted by atomic mass is 9.87. The molecule has 3 nitrogen and oxygen atoms in total. The average molecular weight is 219 g/mol. The van der Waals surface area contributed by atoms with Crippen molar-refractivity contribution in [1.82, 2.24) is 0 Å². The Labute approximate surface area is 95.6 Å². The topological polar surface area (TPSA) is 52.3 Å². The van der Waals surface area contributed by atoms with E-state index in [1.165, 1.54) is 0 Å². The molecule has 0 amide bonds. The van der Waals surface area contributed by atoms with Crippen LogP contribution < -0.4 is 10.5 Å². The van der Waals surface area contributed by atoms with E-state index in [0.717, 1.165) is 12.8 Å². The summed E-state index contributed by atoms with van der Waals surface area (Å²) in [4.78, 5) is 12.2. The van der Waals surface area contributed by atoms with Crippen LogP contribution >= 0.6 is 0 Å². The van der Waals surface area contributed by atoms with Gasteiger partial charge < -0.3 is 10.5 Å². The maximum absolute atomic E-state index is 12.2. The zero-order valence-electron chi connectivity index (χ0n) is 9.69. The van der Waals surface area contributed by atoms with Gasteiger partial charge in [0.25, 0.3) is 0 Å². The van der Waals surface area contributed by atoms with E-state index >= 15 is 0 Å². The summed E-state index contributed by atoms with van der Waals surface area (Å²) in [6.07, 6.45) is 2.12. The van der Waals surface area contributed by atoms with Gasteiger partial charge in [0, 0.05) is 5.56 Å². The fourth-order valence-electron chi connectivity index (χ4n) is 1.94. The van der Waals surface area contributed by atoms with Crippen molar-refractivity contribution in [2.75, 3.05) is 7.11 Å². The van der Waals surface area contributed by atoms with E-state index in [4.69, 9.17) is 10.5 Å². The summed E-state index contributed by atoms with van der Waals surface area (Å²) in [5.41, 5.74) is 6.00. The number of ketones is 1. The van der Waals surface area contributed by atoms with Gasteiger partial charge >= 0.3 is 0 Å². The molecular weight excluding hydrogens is 202 g/mol. The molecule has 0 bridgehead atoms. The Balaban J connectivity index is 2.25. The van der Waals surface area contributed by atoms with Crippen LogP contribution in [-0.2, 0) is 0 Å². The minimum Gasteiger partial charge on any atom is -0.497 e. The first kappa shape index (κ1) is 11.1. The number of benzene rings is 1. The summed E-state index contributed by atoms with van der Waals surface area (Å²) in [5, 5.41) is 0. The first-order valence-corrected chi connectivity index (χ1v) is 5.53. The van der Waals surface area contributed by atoms with E-state index in [2.05, 4.69) is 0 Å². The Morgan fingerprint density at radius 3 is 2.75 bits per heavy atom. The van der Waals surface area contributed by atoms with Crippen molar-refractivity contribution in [2.45, 2.75) is 25.3 Å². The summed E-state index contributed by atoms with van der Waals surface area (Å²) in [5.74, 6) is 1.04. The predicted octanol–water partition coefficient (Wildman–Crippen LogP) is 2.01. The Morgan fingerprint density at radius 1 is 1.50 bits per heavy atom. The standard InChI is InChI=1S/C13H17NO2/c1-13(14,10-6-7-10)12(15)9-4-3-5-11(8-9)16-2/h3-5,8,10H,6-7,14H2,1-2H3. The number of carbonyl (C=O) groups is 1. The van der Waals surface area contributed by atoms with Crippen molar-refractivity contribution in [2.24, 2.45) is 11.7 Å². The summed E-state index contributed by atoms with van der Waals surface area (Å²) in [7, 11) is 1.59. The summed E-state index contributed by atoms with van der Waals surface area (Å²) in [6.45, 7) is 1.83. The highest BCUT2D eigenvalue weighted by atomic mass is 16.5. The summed E-state index contributed by atoms with van der Waals surface area (Å²) >= 11 is 0. The maximum Gasteiger partial charge on any atom is 0.182 e. The molecule has 1 atom stereocenters. The van der Waals surface area contributed by atoms with Crippen molar-refractivity contribution >= 4 is 5.78 Å². The summed E-state index contributed by atoms with van der Waals surface area (Å²) in [6, 6.07) is 7.17. The molecular formula is C13H17NO2. The van der Waals surface area contributed by atoms with Crippen molar-refractivity contribution in [3.8, 4) is 5.75 Å². The number of nitrogens with two attached hydrogens (primary N) is 1. The van der Waals surface area contributed by atoms with Crippen molar-refractivity contribution in [3.05, 3.63) is 29.8 Å². The smallest absolute Gasteiger partial charge is 0.182 e. The van der Waals surface area contributed by atoms with Gasteiger partial charge in [-0.2, -0.15) is 0 Å². The molecule has 1 saturated carbocycles. The molecule has 16 heavy (non-hydrogen) atoms. The molecule has 86 valence electrons. The predicted molar refractivity (Wildman–Crippen MR) is 62.6 cm³/mol. The van der Waals surface area contributed by atoms with Crippen LogP contribution in [0.5, 0.6) is 5.75 Å². The van der Waals surface area contributed by atoms with Crippen LogP contribution in [0.15, 0.2) is 24.3 Å². The van der Waals surface area contributed by atoms with Crippen LogP contribution in [0.4, 0.5) is 0 Å². The Morgan fingerprint density at radius 2 is 2.19 bits per heavy atom. The normalized spacial score (nSPS) is 18.9. The monoisotopic (exact) mass is 219 g/mol. The van der Waals surface area contributed by atoms with E-state index in [1.807, 2.05) is 19.1 Å². The van der Waals surface area contributed by atoms with Gasteiger partial charge in [-0.25, -0.2) is 0 Å². The lowest BCUT2D eigenvalue weighted by Gasteiger charge is -2.22. The van der Waals surface area contributed by atoms with E-state index in [0.29, 0.717) is 17.2 Å². The van der Waals surface area contributed by atoms with Gasteiger partial charge in [0.15, 0.2) is 5.78 Å². The minimum absolute atomic E-state index is 0.00824. The second-order valence-electron chi connectivity index (χ2n) is 4.62. The molecule has 1 fully saturated rings. The maximum atomic E-state index is 12.2. The molecule has 0 aromatic heterocycles. The fourth-order valence-corrected chi connectivity index (χ4v) is 1.94. The number of hydrogen-bond donors (Lipinski definition) is 1. The van der Waals surface area contributed by atoms with Crippen molar-refractivity contribution < 1.29 is 9.53 Å². The third kappa shape index (κ3) is 1.95. The number of carbonyl (C=O) groups excluding carboxylic acids is 1. The molecule has 2 N–H and O–H groups in total. The molecule has 0 aliphatic heterocycles. The number of Topliss-reactive ketones (excluding diaryl/α,β-unsaturated/α-hetero) is 1. The van der Waals surface area contributed by atoms with Gasteiger partial charge in [-0.1, -0.05) is 12.1 Å². The molecule has 0 radical (unpaired) electrons. The van der Waals surface area contributed by atoms with Gasteiger partial charge in [0.2, 0.25) is 0 Å². The zero-order chi connectivity index (χ0) is 11.8.